The molecule has 1 amide bonds. The Hall–Kier alpha value is -2.17. The van der Waals surface area contributed by atoms with Gasteiger partial charge in [0, 0.05) is 5.56 Å². The van der Waals surface area contributed by atoms with Gasteiger partial charge in [-0.25, -0.2) is 4.79 Å². The fourth-order valence-electron chi connectivity index (χ4n) is 1.89. The maximum absolute atomic E-state index is 12.0. The van der Waals surface area contributed by atoms with Crippen molar-refractivity contribution in [3.05, 3.63) is 35.4 Å². The van der Waals surface area contributed by atoms with Crippen LogP contribution in [0.15, 0.2) is 24.3 Å². The van der Waals surface area contributed by atoms with Gasteiger partial charge in [0.05, 0.1) is 7.11 Å². The number of nitrogens with one attached hydrogen (secondary N) is 1. The summed E-state index contributed by atoms with van der Waals surface area (Å²) in [5.41, 5.74) is 1.30. The Labute approximate surface area is 124 Å². The number of benzene rings is 1. The Kier molecular flexibility index (Phi) is 6.09. The Morgan fingerprint density at radius 2 is 1.71 bits per heavy atom. The zero-order valence-electron chi connectivity index (χ0n) is 12.8. The highest BCUT2D eigenvalue weighted by atomic mass is 16.5. The lowest BCUT2D eigenvalue weighted by atomic mass is 10.0. The summed E-state index contributed by atoms with van der Waals surface area (Å²) in [6.07, 6.45) is 0.416. The van der Waals surface area contributed by atoms with Gasteiger partial charge in [-0.1, -0.05) is 43.7 Å². The number of ketones is 1. The molecule has 0 saturated carbocycles. The number of ether oxygens (including phenoxy) is 1. The average Bonchev–Trinajstić information content (AvgIpc) is 2.45. The van der Waals surface area contributed by atoms with Crippen molar-refractivity contribution in [2.75, 3.05) is 7.11 Å². The van der Waals surface area contributed by atoms with E-state index in [0.717, 1.165) is 5.56 Å². The van der Waals surface area contributed by atoms with E-state index < -0.39 is 23.7 Å². The molecule has 0 aromatic heterocycles. The zero-order valence-corrected chi connectivity index (χ0v) is 12.8. The molecule has 21 heavy (non-hydrogen) atoms. The molecule has 0 aliphatic carbocycles. The number of carbonyl (C=O) groups is 3. The van der Waals surface area contributed by atoms with Gasteiger partial charge in [0.25, 0.3) is 5.91 Å². The fraction of sp³-hybridized carbons (Fsp3) is 0.438. The Bertz CT molecular complexity index is 520. The topological polar surface area (TPSA) is 72.5 Å². The van der Waals surface area contributed by atoms with E-state index in [9.17, 15) is 14.4 Å². The normalized spacial score (nSPS) is 11.9. The van der Waals surface area contributed by atoms with Crippen LogP contribution in [0.3, 0.4) is 0 Å². The highest BCUT2D eigenvalue weighted by molar-refractivity contribution is 6.43. The minimum atomic E-state index is -0.808. The zero-order chi connectivity index (χ0) is 16.0. The summed E-state index contributed by atoms with van der Waals surface area (Å²) in [6.45, 7) is 5.73. The van der Waals surface area contributed by atoms with Crippen molar-refractivity contribution in [3.8, 4) is 0 Å². The molecule has 0 aliphatic heterocycles. The van der Waals surface area contributed by atoms with E-state index in [-0.39, 0.29) is 5.92 Å². The second-order valence-corrected chi connectivity index (χ2v) is 5.37. The lowest BCUT2D eigenvalue weighted by Crippen LogP contribution is -2.45. The fourth-order valence-corrected chi connectivity index (χ4v) is 1.89. The van der Waals surface area contributed by atoms with Gasteiger partial charge in [0.2, 0.25) is 5.78 Å². The molecule has 1 N–H and O–H groups in total. The van der Waals surface area contributed by atoms with Crippen LogP contribution in [0, 0.1) is 12.8 Å². The first kappa shape index (κ1) is 16.9. The average molecular weight is 291 g/mol. The molecule has 0 saturated heterocycles. The molecule has 0 radical (unpaired) electrons. The van der Waals surface area contributed by atoms with Crippen LogP contribution in [0.5, 0.6) is 0 Å². The van der Waals surface area contributed by atoms with E-state index in [0.29, 0.717) is 12.0 Å². The first-order chi connectivity index (χ1) is 9.85. The second-order valence-electron chi connectivity index (χ2n) is 5.37. The van der Waals surface area contributed by atoms with E-state index in [1.165, 1.54) is 7.11 Å². The number of methoxy groups -OCH3 is 1. The molecule has 1 aromatic carbocycles. The minimum Gasteiger partial charge on any atom is -0.467 e. The minimum absolute atomic E-state index is 0.184. The SMILES string of the molecule is COC(=O)C(CC(C)C)NC(=O)C(=O)c1ccc(C)cc1. The van der Waals surface area contributed by atoms with Crippen LogP contribution in [-0.4, -0.2) is 30.8 Å². The number of hydrogen-bond donors (Lipinski definition) is 1. The molecular weight excluding hydrogens is 270 g/mol. The molecule has 1 unspecified atom stereocenters. The van der Waals surface area contributed by atoms with Gasteiger partial charge in [-0.05, 0) is 19.3 Å². The third-order valence-corrected chi connectivity index (χ3v) is 3.02. The van der Waals surface area contributed by atoms with Crippen LogP contribution in [0.2, 0.25) is 0 Å². The Balaban J connectivity index is 2.78. The van der Waals surface area contributed by atoms with Crippen molar-refractivity contribution in [1.82, 2.24) is 5.32 Å². The van der Waals surface area contributed by atoms with Crippen LogP contribution in [0.25, 0.3) is 0 Å². The highest BCUT2D eigenvalue weighted by Gasteiger charge is 2.26. The standard InChI is InChI=1S/C16H21NO4/c1-10(2)9-13(16(20)21-4)17-15(19)14(18)12-7-5-11(3)6-8-12/h5-8,10,13H,9H2,1-4H3,(H,17,19). The molecule has 1 rings (SSSR count). The molecule has 0 bridgehead atoms. The Morgan fingerprint density at radius 3 is 2.19 bits per heavy atom. The lowest BCUT2D eigenvalue weighted by molar-refractivity contribution is -0.145. The van der Waals surface area contributed by atoms with Gasteiger partial charge >= 0.3 is 5.97 Å². The summed E-state index contributed by atoms with van der Waals surface area (Å²) >= 11 is 0. The van der Waals surface area contributed by atoms with E-state index >= 15 is 0 Å². The van der Waals surface area contributed by atoms with Crippen LogP contribution >= 0.6 is 0 Å². The number of rotatable bonds is 6. The smallest absolute Gasteiger partial charge is 0.328 e. The number of esters is 1. The van der Waals surface area contributed by atoms with E-state index in [1.807, 2.05) is 20.8 Å². The monoisotopic (exact) mass is 291 g/mol. The molecular formula is C16H21NO4. The number of amides is 1. The van der Waals surface area contributed by atoms with Crippen LogP contribution in [0.4, 0.5) is 0 Å². The van der Waals surface area contributed by atoms with E-state index in [2.05, 4.69) is 10.1 Å². The number of aryl methyl sites for hydroxylation is 1. The molecule has 114 valence electrons. The predicted molar refractivity (Wildman–Crippen MR) is 78.9 cm³/mol. The molecule has 1 atom stereocenters. The van der Waals surface area contributed by atoms with Gasteiger partial charge in [-0.3, -0.25) is 9.59 Å². The summed E-state index contributed by atoms with van der Waals surface area (Å²) in [5.74, 6) is -1.82. The molecule has 5 nitrogen and oxygen atoms in total. The van der Waals surface area contributed by atoms with E-state index in [1.54, 1.807) is 24.3 Å². The summed E-state index contributed by atoms with van der Waals surface area (Å²) in [7, 11) is 1.25. The maximum atomic E-state index is 12.0. The maximum Gasteiger partial charge on any atom is 0.328 e. The van der Waals surface area contributed by atoms with Crippen molar-refractivity contribution >= 4 is 17.7 Å². The third-order valence-electron chi connectivity index (χ3n) is 3.02. The first-order valence-corrected chi connectivity index (χ1v) is 6.84. The van der Waals surface area contributed by atoms with Crippen molar-refractivity contribution in [1.29, 1.82) is 0 Å². The summed E-state index contributed by atoms with van der Waals surface area (Å²) < 4.78 is 4.65. The van der Waals surface area contributed by atoms with Crippen LogP contribution < -0.4 is 5.32 Å². The van der Waals surface area contributed by atoms with Crippen LogP contribution in [-0.2, 0) is 14.3 Å². The van der Waals surface area contributed by atoms with E-state index in [4.69, 9.17) is 0 Å². The van der Waals surface area contributed by atoms with Gasteiger partial charge < -0.3 is 10.1 Å². The van der Waals surface area contributed by atoms with Crippen molar-refractivity contribution in [3.63, 3.8) is 0 Å². The van der Waals surface area contributed by atoms with Gasteiger partial charge in [0.15, 0.2) is 0 Å². The molecule has 1 aromatic rings. The first-order valence-electron chi connectivity index (χ1n) is 6.84. The van der Waals surface area contributed by atoms with Gasteiger partial charge in [-0.15, -0.1) is 0 Å². The molecule has 0 aliphatic rings. The quantitative estimate of drug-likeness (QED) is 0.493. The number of Topliss-reactive ketones (excluding diaryl/α,β-unsaturated/α-hetero) is 1. The summed E-state index contributed by atoms with van der Waals surface area (Å²) in [6, 6.07) is 5.88. The van der Waals surface area contributed by atoms with Crippen molar-refractivity contribution in [2.45, 2.75) is 33.2 Å². The second kappa shape index (κ2) is 7.57. The van der Waals surface area contributed by atoms with Crippen LogP contribution in [0.1, 0.15) is 36.2 Å². The third kappa shape index (κ3) is 5.02. The lowest BCUT2D eigenvalue weighted by Gasteiger charge is -2.17. The molecule has 0 spiro atoms. The van der Waals surface area contributed by atoms with Crippen molar-refractivity contribution < 1.29 is 19.1 Å². The van der Waals surface area contributed by atoms with Gasteiger partial charge in [-0.2, -0.15) is 0 Å². The van der Waals surface area contributed by atoms with Crippen molar-refractivity contribution in [2.24, 2.45) is 5.92 Å². The molecule has 0 heterocycles. The largest absolute Gasteiger partial charge is 0.467 e. The van der Waals surface area contributed by atoms with Gasteiger partial charge in [0.1, 0.15) is 6.04 Å². The Morgan fingerprint density at radius 1 is 1.14 bits per heavy atom. The summed E-state index contributed by atoms with van der Waals surface area (Å²) in [5, 5.41) is 2.45. The summed E-state index contributed by atoms with van der Waals surface area (Å²) in [4.78, 5) is 35.6. The predicted octanol–water partition coefficient (Wildman–Crippen LogP) is 1.88. The molecule has 0 fully saturated rings. The number of carbonyl (C=O) groups excluding carboxylic acids is 3. The number of hydrogen-bond acceptors (Lipinski definition) is 4. The molecule has 5 heteroatoms. The highest BCUT2D eigenvalue weighted by Crippen LogP contribution is 2.08.